The fourth-order valence-electron chi connectivity index (χ4n) is 3.93. The quantitative estimate of drug-likeness (QED) is 0.211. The Morgan fingerprint density at radius 1 is 0.581 bits per heavy atom. The molecule has 0 aliphatic carbocycles. The maximum Gasteiger partial charge on any atom is 0.271 e. The molecule has 3 amide bonds. The van der Waals surface area contributed by atoms with E-state index in [2.05, 4.69) is 16.2 Å². The van der Waals surface area contributed by atoms with Crippen LogP contribution < -0.4 is 44.6 Å². The average Bonchev–Trinajstić information content (AvgIpc) is 3.04. The maximum atomic E-state index is 12.8. The highest BCUT2D eigenvalue weighted by atomic mass is 16.5. The molecule has 0 saturated heterocycles. The lowest BCUT2D eigenvalue weighted by atomic mass is 10.1. The lowest BCUT2D eigenvalue weighted by Crippen LogP contribution is -2.41. The van der Waals surface area contributed by atoms with E-state index in [4.69, 9.17) is 28.4 Å². The van der Waals surface area contributed by atoms with Gasteiger partial charge in [-0.2, -0.15) is 0 Å². The van der Waals surface area contributed by atoms with E-state index >= 15 is 0 Å². The highest BCUT2D eigenvalue weighted by molar-refractivity contribution is 6.08. The summed E-state index contributed by atoms with van der Waals surface area (Å²) < 4.78 is 31.9. The van der Waals surface area contributed by atoms with Gasteiger partial charge in [-0.05, 0) is 59.7 Å². The fourth-order valence-corrected chi connectivity index (χ4v) is 3.93. The number of para-hydroxylation sites is 1. The number of hydrogen-bond acceptors (Lipinski definition) is 9. The van der Waals surface area contributed by atoms with E-state index in [0.29, 0.717) is 45.6 Å². The van der Waals surface area contributed by atoms with Crippen LogP contribution in [0.25, 0.3) is 12.2 Å². The van der Waals surface area contributed by atoms with E-state index in [9.17, 15) is 14.4 Å². The zero-order chi connectivity index (χ0) is 31.4. The summed E-state index contributed by atoms with van der Waals surface area (Å²) in [5, 5.41) is 2.67. The minimum atomic E-state index is -0.640. The minimum Gasteiger partial charge on any atom is -0.493 e. The topological polar surface area (TPSA) is 143 Å². The van der Waals surface area contributed by atoms with Crippen molar-refractivity contribution in [2.24, 2.45) is 0 Å². The number of hydrogen-bond donors (Lipinski definition) is 3. The van der Waals surface area contributed by atoms with Gasteiger partial charge in [-0.1, -0.05) is 12.1 Å². The Kier molecular flexibility index (Phi) is 11.4. The number of benzene rings is 3. The van der Waals surface area contributed by atoms with Crippen molar-refractivity contribution in [3.8, 4) is 34.5 Å². The molecule has 0 aliphatic heterocycles. The van der Waals surface area contributed by atoms with Crippen LogP contribution in [0, 0.1) is 0 Å². The maximum absolute atomic E-state index is 12.8. The first-order chi connectivity index (χ1) is 20.8. The molecule has 0 fully saturated rings. The summed E-state index contributed by atoms with van der Waals surface area (Å²) in [6, 6.07) is 13.1. The van der Waals surface area contributed by atoms with E-state index in [0.717, 1.165) is 0 Å². The number of anilines is 1. The predicted molar refractivity (Wildman–Crippen MR) is 161 cm³/mol. The zero-order valence-electron chi connectivity index (χ0n) is 24.6. The Bertz CT molecular complexity index is 1480. The third-order valence-corrected chi connectivity index (χ3v) is 5.96. The van der Waals surface area contributed by atoms with Gasteiger partial charge in [0.2, 0.25) is 17.4 Å². The molecule has 3 aromatic carbocycles. The lowest BCUT2D eigenvalue weighted by Gasteiger charge is -2.13. The molecule has 0 aromatic heterocycles. The lowest BCUT2D eigenvalue weighted by molar-refractivity contribution is -0.117. The van der Waals surface area contributed by atoms with Gasteiger partial charge in [0.05, 0.1) is 53.9 Å². The van der Waals surface area contributed by atoms with Crippen molar-refractivity contribution in [1.82, 2.24) is 10.9 Å². The van der Waals surface area contributed by atoms with Crippen molar-refractivity contribution in [2.75, 3.05) is 48.0 Å². The Morgan fingerprint density at radius 3 is 1.47 bits per heavy atom. The van der Waals surface area contributed by atoms with Gasteiger partial charge < -0.3 is 33.7 Å². The third kappa shape index (κ3) is 8.19. The molecule has 0 aliphatic rings. The van der Waals surface area contributed by atoms with Gasteiger partial charge in [-0.25, -0.2) is 0 Å². The summed E-state index contributed by atoms with van der Waals surface area (Å²) in [7, 11) is 8.95. The molecule has 12 heteroatoms. The fraction of sp³-hybridized carbons (Fsp3) is 0.194. The summed E-state index contributed by atoms with van der Waals surface area (Å²) in [6.45, 7) is 0. The highest BCUT2D eigenvalue weighted by Crippen LogP contribution is 2.39. The van der Waals surface area contributed by atoms with Gasteiger partial charge >= 0.3 is 0 Å². The molecule has 3 N–H and O–H groups in total. The van der Waals surface area contributed by atoms with Crippen LogP contribution in [0.1, 0.15) is 21.5 Å². The number of hydrazine groups is 1. The standard InChI is InChI=1S/C31H33N3O9/c1-38-23-15-19(16-24(39-2)29(23)42-5)11-13-27(35)32-22-10-8-7-9-21(22)31(37)34-33-28(36)14-12-20-17-25(40-3)30(43-6)26(18-20)41-4/h7-18H,1-6H3,(H,32,35)(H,33,36)(H,34,37). The second kappa shape index (κ2) is 15.4. The Morgan fingerprint density at radius 2 is 1.02 bits per heavy atom. The first-order valence-electron chi connectivity index (χ1n) is 12.7. The Balaban J connectivity index is 1.66. The molecule has 0 heterocycles. The number of ether oxygens (including phenoxy) is 6. The Labute approximate surface area is 249 Å². The van der Waals surface area contributed by atoms with Crippen LogP contribution in [0.4, 0.5) is 5.69 Å². The van der Waals surface area contributed by atoms with Gasteiger partial charge in [0, 0.05) is 12.2 Å². The van der Waals surface area contributed by atoms with Crippen molar-refractivity contribution < 1.29 is 42.8 Å². The molecular weight excluding hydrogens is 558 g/mol. The van der Waals surface area contributed by atoms with Crippen molar-refractivity contribution in [3.63, 3.8) is 0 Å². The monoisotopic (exact) mass is 591 g/mol. The SMILES string of the molecule is COc1cc(C=CC(=O)NNC(=O)c2ccccc2NC(=O)C=Cc2cc(OC)c(OC)c(OC)c2)cc(OC)c1OC. The number of carbonyl (C=O) groups excluding carboxylic acids is 3. The number of nitrogens with one attached hydrogen (secondary N) is 3. The molecule has 3 aromatic rings. The van der Waals surface area contributed by atoms with Gasteiger partial charge in [-0.3, -0.25) is 25.2 Å². The molecule has 0 spiro atoms. The smallest absolute Gasteiger partial charge is 0.271 e. The summed E-state index contributed by atoms with van der Waals surface area (Å²) in [6.07, 6.45) is 5.59. The van der Waals surface area contributed by atoms with Crippen LogP contribution in [0.15, 0.2) is 60.7 Å². The van der Waals surface area contributed by atoms with Crippen LogP contribution in [-0.4, -0.2) is 60.4 Å². The van der Waals surface area contributed by atoms with E-state index in [1.807, 2.05) is 0 Å². The number of amides is 3. The number of methoxy groups -OCH3 is 6. The summed E-state index contributed by atoms with van der Waals surface area (Å²) in [5.74, 6) is 0.826. The van der Waals surface area contributed by atoms with Crippen LogP contribution in [0.2, 0.25) is 0 Å². The van der Waals surface area contributed by atoms with Crippen molar-refractivity contribution in [3.05, 3.63) is 77.4 Å². The average molecular weight is 592 g/mol. The van der Waals surface area contributed by atoms with Crippen LogP contribution >= 0.6 is 0 Å². The van der Waals surface area contributed by atoms with Crippen LogP contribution in [-0.2, 0) is 9.59 Å². The van der Waals surface area contributed by atoms with Crippen molar-refractivity contribution in [2.45, 2.75) is 0 Å². The predicted octanol–water partition coefficient (Wildman–Crippen LogP) is 3.86. The van der Waals surface area contributed by atoms with Crippen molar-refractivity contribution in [1.29, 1.82) is 0 Å². The van der Waals surface area contributed by atoms with Crippen LogP contribution in [0.5, 0.6) is 34.5 Å². The van der Waals surface area contributed by atoms with E-state index in [-0.39, 0.29) is 11.3 Å². The molecular formula is C31H33N3O9. The molecule has 43 heavy (non-hydrogen) atoms. The number of carbonyl (C=O) groups is 3. The molecule has 0 unspecified atom stereocenters. The second-order valence-corrected chi connectivity index (χ2v) is 8.56. The first-order valence-corrected chi connectivity index (χ1v) is 12.7. The molecule has 226 valence electrons. The summed E-state index contributed by atoms with van der Waals surface area (Å²) in [5.41, 5.74) is 6.25. The van der Waals surface area contributed by atoms with E-state index in [1.54, 1.807) is 48.5 Å². The normalized spacial score (nSPS) is 10.7. The van der Waals surface area contributed by atoms with Crippen LogP contribution in [0.3, 0.4) is 0 Å². The first kappa shape index (κ1) is 31.9. The molecule has 0 bridgehead atoms. The molecule has 0 atom stereocenters. The largest absolute Gasteiger partial charge is 0.493 e. The van der Waals surface area contributed by atoms with Gasteiger partial charge in [-0.15, -0.1) is 0 Å². The van der Waals surface area contributed by atoms with E-state index < -0.39 is 17.7 Å². The second-order valence-electron chi connectivity index (χ2n) is 8.56. The summed E-state index contributed by atoms with van der Waals surface area (Å²) >= 11 is 0. The summed E-state index contributed by atoms with van der Waals surface area (Å²) in [4.78, 5) is 37.9. The van der Waals surface area contributed by atoms with Gasteiger partial charge in [0.15, 0.2) is 23.0 Å². The van der Waals surface area contributed by atoms with Gasteiger partial charge in [0.1, 0.15) is 0 Å². The molecule has 12 nitrogen and oxygen atoms in total. The number of rotatable bonds is 12. The van der Waals surface area contributed by atoms with E-state index in [1.165, 1.54) is 67.0 Å². The minimum absolute atomic E-state index is 0.131. The zero-order valence-corrected chi connectivity index (χ0v) is 24.6. The van der Waals surface area contributed by atoms with Gasteiger partial charge in [0.25, 0.3) is 11.8 Å². The Hall–Kier alpha value is -5.65. The third-order valence-electron chi connectivity index (χ3n) is 5.96. The van der Waals surface area contributed by atoms with Crippen molar-refractivity contribution >= 4 is 35.6 Å². The molecule has 0 saturated carbocycles. The highest BCUT2D eigenvalue weighted by Gasteiger charge is 2.15. The molecule has 3 rings (SSSR count). The molecule has 0 radical (unpaired) electrons.